The molecule has 0 amide bonds. The normalized spacial score (nSPS) is 10.6. The van der Waals surface area contributed by atoms with Crippen LogP contribution < -0.4 is 4.74 Å². The van der Waals surface area contributed by atoms with E-state index in [1.54, 1.807) is 25.3 Å². The van der Waals surface area contributed by atoms with Crippen molar-refractivity contribution in [2.24, 2.45) is 0 Å². The van der Waals surface area contributed by atoms with Gasteiger partial charge in [-0.1, -0.05) is 42.5 Å². The van der Waals surface area contributed by atoms with Gasteiger partial charge in [0.05, 0.1) is 42.2 Å². The monoisotopic (exact) mass is 370 g/mol. The van der Waals surface area contributed by atoms with Crippen molar-refractivity contribution in [3.63, 3.8) is 0 Å². The summed E-state index contributed by atoms with van der Waals surface area (Å²) in [6, 6.07) is 22.8. The largest absolute Gasteiger partial charge is 0.497 e. The van der Waals surface area contributed by atoms with E-state index in [0.717, 1.165) is 28.3 Å². The molecular weight excluding hydrogens is 352 g/mol. The Labute approximate surface area is 162 Å². The van der Waals surface area contributed by atoms with Crippen molar-refractivity contribution in [3.8, 4) is 28.3 Å². The second-order valence-corrected chi connectivity index (χ2v) is 6.21. The fourth-order valence-corrected chi connectivity index (χ4v) is 3.07. The molecular formula is C23H18N2O3. The molecule has 0 bridgehead atoms. The standard InChI is InChI=1S/C23H18N2O3/c1-27-18-10-6-9-16(13-18)22-21(15-7-4-3-5-8-15)24-19-12-11-17(23(26)28-2)14-20(19)25-22/h3-14H,1-2H3. The number of nitrogens with zero attached hydrogens (tertiary/aromatic N) is 2. The van der Waals surface area contributed by atoms with Crippen LogP contribution in [0, 0.1) is 0 Å². The number of fused-ring (bicyclic) bond motifs is 1. The van der Waals surface area contributed by atoms with Crippen molar-refractivity contribution in [3.05, 3.63) is 78.4 Å². The van der Waals surface area contributed by atoms with Gasteiger partial charge in [-0.3, -0.25) is 0 Å². The van der Waals surface area contributed by atoms with Crippen LogP contribution in [0.4, 0.5) is 0 Å². The number of methoxy groups -OCH3 is 2. The molecule has 0 spiro atoms. The molecule has 28 heavy (non-hydrogen) atoms. The van der Waals surface area contributed by atoms with Crippen molar-refractivity contribution in [2.45, 2.75) is 0 Å². The number of benzene rings is 3. The van der Waals surface area contributed by atoms with Crippen molar-refractivity contribution >= 4 is 17.0 Å². The SMILES string of the molecule is COC(=O)c1ccc2nc(-c3ccccc3)c(-c3cccc(OC)c3)nc2c1. The molecule has 0 fully saturated rings. The Morgan fingerprint density at radius 3 is 2.21 bits per heavy atom. The van der Waals surface area contributed by atoms with Gasteiger partial charge in [0.15, 0.2) is 0 Å². The second-order valence-electron chi connectivity index (χ2n) is 6.21. The predicted octanol–water partition coefficient (Wildman–Crippen LogP) is 4.76. The third kappa shape index (κ3) is 3.30. The molecule has 0 aliphatic heterocycles. The molecule has 3 aromatic carbocycles. The van der Waals surface area contributed by atoms with E-state index in [1.165, 1.54) is 7.11 Å². The molecule has 138 valence electrons. The molecule has 0 saturated heterocycles. The Morgan fingerprint density at radius 2 is 1.46 bits per heavy atom. The molecule has 0 N–H and O–H groups in total. The van der Waals surface area contributed by atoms with E-state index >= 15 is 0 Å². The Hall–Kier alpha value is -3.73. The van der Waals surface area contributed by atoms with E-state index in [9.17, 15) is 4.79 Å². The first-order valence-corrected chi connectivity index (χ1v) is 8.79. The summed E-state index contributed by atoms with van der Waals surface area (Å²) in [5.74, 6) is 0.334. The van der Waals surface area contributed by atoms with Gasteiger partial charge in [-0.2, -0.15) is 0 Å². The van der Waals surface area contributed by atoms with Crippen LogP contribution in [-0.4, -0.2) is 30.2 Å². The molecule has 0 radical (unpaired) electrons. The van der Waals surface area contributed by atoms with E-state index in [1.807, 2.05) is 54.6 Å². The van der Waals surface area contributed by atoms with Crippen LogP contribution in [0.25, 0.3) is 33.5 Å². The number of ether oxygens (including phenoxy) is 2. The highest BCUT2D eigenvalue weighted by Crippen LogP contribution is 2.32. The summed E-state index contributed by atoms with van der Waals surface area (Å²) in [5.41, 5.74) is 5.11. The zero-order valence-electron chi connectivity index (χ0n) is 15.5. The second kappa shape index (κ2) is 7.48. The number of aromatic nitrogens is 2. The molecule has 0 atom stereocenters. The molecule has 1 aromatic heterocycles. The number of carbonyl (C=O) groups excluding carboxylic acids is 1. The van der Waals surface area contributed by atoms with E-state index in [-0.39, 0.29) is 0 Å². The lowest BCUT2D eigenvalue weighted by Gasteiger charge is -2.12. The van der Waals surface area contributed by atoms with Crippen LogP contribution in [0.5, 0.6) is 5.75 Å². The van der Waals surface area contributed by atoms with E-state index in [2.05, 4.69) is 0 Å². The molecule has 4 aromatic rings. The Bertz CT molecular complexity index is 1160. The molecule has 4 rings (SSSR count). The van der Waals surface area contributed by atoms with Crippen LogP contribution >= 0.6 is 0 Å². The lowest BCUT2D eigenvalue weighted by molar-refractivity contribution is 0.0601. The van der Waals surface area contributed by atoms with Crippen LogP contribution in [0.3, 0.4) is 0 Å². The molecule has 5 heteroatoms. The molecule has 0 aliphatic rings. The van der Waals surface area contributed by atoms with Crippen LogP contribution in [0.15, 0.2) is 72.8 Å². The minimum atomic E-state index is -0.404. The summed E-state index contributed by atoms with van der Waals surface area (Å²) >= 11 is 0. The average molecular weight is 370 g/mol. The Kier molecular flexibility index (Phi) is 4.72. The third-order valence-electron chi connectivity index (χ3n) is 4.48. The maximum atomic E-state index is 11.9. The Morgan fingerprint density at radius 1 is 0.750 bits per heavy atom. The van der Waals surface area contributed by atoms with Crippen molar-refractivity contribution < 1.29 is 14.3 Å². The minimum Gasteiger partial charge on any atom is -0.497 e. The fraction of sp³-hybridized carbons (Fsp3) is 0.0870. The summed E-state index contributed by atoms with van der Waals surface area (Å²) in [6.45, 7) is 0. The zero-order chi connectivity index (χ0) is 19.5. The summed E-state index contributed by atoms with van der Waals surface area (Å²) < 4.78 is 10.2. The first-order valence-electron chi connectivity index (χ1n) is 8.79. The van der Waals surface area contributed by atoms with Gasteiger partial charge in [0.2, 0.25) is 0 Å². The van der Waals surface area contributed by atoms with Gasteiger partial charge in [0, 0.05) is 11.1 Å². The highest BCUT2D eigenvalue weighted by atomic mass is 16.5. The average Bonchev–Trinajstić information content (AvgIpc) is 2.77. The fourth-order valence-electron chi connectivity index (χ4n) is 3.07. The molecule has 1 heterocycles. The van der Waals surface area contributed by atoms with Crippen molar-refractivity contribution in [1.82, 2.24) is 9.97 Å². The predicted molar refractivity (Wildman–Crippen MR) is 108 cm³/mol. The number of carbonyl (C=O) groups is 1. The molecule has 0 unspecified atom stereocenters. The van der Waals surface area contributed by atoms with Crippen LogP contribution in [0.1, 0.15) is 10.4 Å². The van der Waals surface area contributed by atoms with E-state index in [4.69, 9.17) is 19.4 Å². The number of hydrogen-bond acceptors (Lipinski definition) is 5. The quantitative estimate of drug-likeness (QED) is 0.485. The lowest BCUT2D eigenvalue weighted by atomic mass is 10.0. The lowest BCUT2D eigenvalue weighted by Crippen LogP contribution is -2.02. The van der Waals surface area contributed by atoms with E-state index in [0.29, 0.717) is 16.6 Å². The van der Waals surface area contributed by atoms with Crippen LogP contribution in [-0.2, 0) is 4.74 Å². The molecule has 5 nitrogen and oxygen atoms in total. The molecule has 0 aliphatic carbocycles. The maximum Gasteiger partial charge on any atom is 0.337 e. The summed E-state index contributed by atoms with van der Waals surface area (Å²) in [4.78, 5) is 21.6. The summed E-state index contributed by atoms with van der Waals surface area (Å²) in [6.07, 6.45) is 0. The van der Waals surface area contributed by atoms with E-state index < -0.39 is 5.97 Å². The first-order chi connectivity index (χ1) is 13.7. The first kappa shape index (κ1) is 17.7. The van der Waals surface area contributed by atoms with Crippen LogP contribution in [0.2, 0.25) is 0 Å². The van der Waals surface area contributed by atoms with Crippen molar-refractivity contribution in [2.75, 3.05) is 14.2 Å². The third-order valence-corrected chi connectivity index (χ3v) is 4.48. The Balaban J connectivity index is 1.98. The van der Waals surface area contributed by atoms with Gasteiger partial charge in [0.25, 0.3) is 0 Å². The van der Waals surface area contributed by atoms with Crippen molar-refractivity contribution in [1.29, 1.82) is 0 Å². The summed E-state index contributed by atoms with van der Waals surface area (Å²) in [5, 5.41) is 0. The van der Waals surface area contributed by atoms with Gasteiger partial charge < -0.3 is 9.47 Å². The summed E-state index contributed by atoms with van der Waals surface area (Å²) in [7, 11) is 2.99. The van der Waals surface area contributed by atoms with Gasteiger partial charge in [0.1, 0.15) is 5.75 Å². The smallest absolute Gasteiger partial charge is 0.337 e. The van der Waals surface area contributed by atoms with Gasteiger partial charge in [-0.05, 0) is 30.3 Å². The molecule has 0 saturated carbocycles. The number of hydrogen-bond donors (Lipinski definition) is 0. The highest BCUT2D eigenvalue weighted by Gasteiger charge is 2.15. The number of rotatable bonds is 4. The van der Waals surface area contributed by atoms with Gasteiger partial charge >= 0.3 is 5.97 Å². The zero-order valence-corrected chi connectivity index (χ0v) is 15.5. The maximum absolute atomic E-state index is 11.9. The van der Waals surface area contributed by atoms with Gasteiger partial charge in [-0.25, -0.2) is 14.8 Å². The van der Waals surface area contributed by atoms with Gasteiger partial charge in [-0.15, -0.1) is 0 Å². The number of esters is 1. The topological polar surface area (TPSA) is 61.3 Å². The minimum absolute atomic E-state index is 0.404. The highest BCUT2D eigenvalue weighted by molar-refractivity contribution is 5.95.